The summed E-state index contributed by atoms with van der Waals surface area (Å²) in [6.45, 7) is 4.16. The molecule has 18 heavy (non-hydrogen) atoms. The van der Waals surface area contributed by atoms with Crippen molar-refractivity contribution in [3.8, 4) is 0 Å². The summed E-state index contributed by atoms with van der Waals surface area (Å²) < 4.78 is 0. The number of carbonyl (C=O) groups is 1. The first-order chi connectivity index (χ1) is 8.37. The van der Waals surface area contributed by atoms with E-state index in [1.165, 1.54) is 0 Å². The standard InChI is InChI=1S/C14H19N3O/c1-14(2)7-9(6-10(18)8-14)17-13-11(15)4-3-5-12(13)16/h3-6,17H,7-8,15-16H2,1-2H3. The Bertz CT molecular complexity index is 498. The molecular weight excluding hydrogens is 226 g/mol. The second-order valence-electron chi connectivity index (χ2n) is 5.59. The molecule has 1 aromatic rings. The van der Waals surface area contributed by atoms with Crippen LogP contribution in [-0.2, 0) is 4.79 Å². The lowest BCUT2D eigenvalue weighted by molar-refractivity contribution is -0.117. The van der Waals surface area contributed by atoms with Crippen molar-refractivity contribution >= 4 is 22.8 Å². The molecule has 96 valence electrons. The number of hydrogen-bond acceptors (Lipinski definition) is 4. The molecule has 0 spiro atoms. The summed E-state index contributed by atoms with van der Waals surface area (Å²) in [5.41, 5.74) is 14.5. The summed E-state index contributed by atoms with van der Waals surface area (Å²) in [6, 6.07) is 5.38. The van der Waals surface area contributed by atoms with Gasteiger partial charge in [-0.25, -0.2) is 0 Å². The van der Waals surface area contributed by atoms with Crippen LogP contribution >= 0.6 is 0 Å². The number of benzene rings is 1. The number of nitrogens with one attached hydrogen (secondary N) is 1. The van der Waals surface area contributed by atoms with Crippen molar-refractivity contribution in [3.63, 3.8) is 0 Å². The lowest BCUT2D eigenvalue weighted by Crippen LogP contribution is -2.24. The summed E-state index contributed by atoms with van der Waals surface area (Å²) in [5, 5.41) is 3.19. The highest BCUT2D eigenvalue weighted by molar-refractivity contribution is 5.93. The van der Waals surface area contributed by atoms with E-state index in [4.69, 9.17) is 11.5 Å². The predicted octanol–water partition coefficient (Wildman–Crippen LogP) is 2.54. The number of allylic oxidation sites excluding steroid dienone is 2. The molecule has 2 rings (SSSR count). The van der Waals surface area contributed by atoms with Gasteiger partial charge in [0.1, 0.15) is 0 Å². The van der Waals surface area contributed by atoms with Crippen molar-refractivity contribution in [1.82, 2.24) is 0 Å². The van der Waals surface area contributed by atoms with Crippen LogP contribution in [0.1, 0.15) is 26.7 Å². The number of nitrogens with two attached hydrogens (primary N) is 2. The van der Waals surface area contributed by atoms with E-state index < -0.39 is 0 Å². The van der Waals surface area contributed by atoms with Crippen LogP contribution in [0.25, 0.3) is 0 Å². The Morgan fingerprint density at radius 3 is 2.33 bits per heavy atom. The lowest BCUT2D eigenvalue weighted by Gasteiger charge is -2.29. The Balaban J connectivity index is 2.27. The topological polar surface area (TPSA) is 81.1 Å². The van der Waals surface area contributed by atoms with Gasteiger partial charge >= 0.3 is 0 Å². The van der Waals surface area contributed by atoms with E-state index in [-0.39, 0.29) is 11.2 Å². The minimum atomic E-state index is -0.0214. The molecule has 1 aliphatic rings. The molecule has 0 bridgehead atoms. The fraction of sp³-hybridized carbons (Fsp3) is 0.357. The third kappa shape index (κ3) is 2.64. The number of para-hydroxylation sites is 1. The van der Waals surface area contributed by atoms with E-state index in [0.717, 1.165) is 12.1 Å². The number of hydrogen-bond donors (Lipinski definition) is 3. The summed E-state index contributed by atoms with van der Waals surface area (Å²) in [5.74, 6) is 0.141. The van der Waals surface area contributed by atoms with E-state index >= 15 is 0 Å². The zero-order valence-electron chi connectivity index (χ0n) is 10.8. The quantitative estimate of drug-likeness (QED) is 0.699. The molecule has 0 saturated heterocycles. The first-order valence-electron chi connectivity index (χ1n) is 6.02. The van der Waals surface area contributed by atoms with E-state index in [0.29, 0.717) is 23.5 Å². The molecule has 0 saturated carbocycles. The molecule has 0 radical (unpaired) electrons. The minimum absolute atomic E-state index is 0.0214. The van der Waals surface area contributed by atoms with Crippen LogP contribution in [-0.4, -0.2) is 5.78 Å². The molecule has 1 aromatic carbocycles. The summed E-state index contributed by atoms with van der Waals surface area (Å²) in [4.78, 5) is 11.7. The molecule has 0 atom stereocenters. The average Bonchev–Trinajstić information content (AvgIpc) is 2.21. The van der Waals surface area contributed by atoms with Gasteiger partial charge in [-0.15, -0.1) is 0 Å². The molecule has 5 N–H and O–H groups in total. The van der Waals surface area contributed by atoms with Crippen LogP contribution in [0.2, 0.25) is 0 Å². The number of carbonyl (C=O) groups excluding carboxylic acids is 1. The fourth-order valence-electron chi connectivity index (χ4n) is 2.32. The molecule has 0 unspecified atom stereocenters. The molecule has 1 aliphatic carbocycles. The second-order valence-corrected chi connectivity index (χ2v) is 5.59. The lowest BCUT2D eigenvalue weighted by atomic mass is 9.79. The van der Waals surface area contributed by atoms with Gasteiger partial charge in [0.05, 0.1) is 17.1 Å². The largest absolute Gasteiger partial charge is 0.397 e. The highest BCUT2D eigenvalue weighted by Gasteiger charge is 2.27. The Morgan fingerprint density at radius 1 is 1.17 bits per heavy atom. The average molecular weight is 245 g/mol. The first-order valence-corrected chi connectivity index (χ1v) is 6.02. The highest BCUT2D eigenvalue weighted by atomic mass is 16.1. The Morgan fingerprint density at radius 2 is 1.78 bits per heavy atom. The SMILES string of the molecule is CC1(C)CC(=O)C=C(Nc2c(N)cccc2N)C1. The fourth-order valence-corrected chi connectivity index (χ4v) is 2.32. The smallest absolute Gasteiger partial charge is 0.157 e. The van der Waals surface area contributed by atoms with Crippen LogP contribution < -0.4 is 16.8 Å². The maximum Gasteiger partial charge on any atom is 0.157 e. The van der Waals surface area contributed by atoms with Gasteiger partial charge in [0.2, 0.25) is 0 Å². The molecule has 0 aromatic heterocycles. The molecule has 4 heteroatoms. The minimum Gasteiger partial charge on any atom is -0.397 e. The Labute approximate surface area is 107 Å². The van der Waals surface area contributed by atoms with E-state index in [9.17, 15) is 4.79 Å². The van der Waals surface area contributed by atoms with Crippen molar-refractivity contribution in [3.05, 3.63) is 30.0 Å². The van der Waals surface area contributed by atoms with Gasteiger partial charge in [-0.2, -0.15) is 0 Å². The highest BCUT2D eigenvalue weighted by Crippen LogP contribution is 2.36. The van der Waals surface area contributed by atoms with Gasteiger partial charge in [0.15, 0.2) is 5.78 Å². The van der Waals surface area contributed by atoms with Gasteiger partial charge < -0.3 is 16.8 Å². The number of anilines is 3. The second kappa shape index (κ2) is 4.37. The van der Waals surface area contributed by atoms with E-state index in [2.05, 4.69) is 19.2 Å². The molecule has 0 amide bonds. The monoisotopic (exact) mass is 245 g/mol. The van der Waals surface area contributed by atoms with Gasteiger partial charge in [-0.05, 0) is 24.0 Å². The van der Waals surface area contributed by atoms with Crippen LogP contribution in [0.4, 0.5) is 17.1 Å². The number of ketones is 1. The molecule has 0 heterocycles. The van der Waals surface area contributed by atoms with Crippen molar-refractivity contribution in [2.75, 3.05) is 16.8 Å². The van der Waals surface area contributed by atoms with Crippen LogP contribution in [0, 0.1) is 5.41 Å². The molecule has 0 fully saturated rings. The Kier molecular flexibility index (Phi) is 3.03. The Hall–Kier alpha value is -1.97. The molecule has 0 aliphatic heterocycles. The zero-order valence-corrected chi connectivity index (χ0v) is 10.8. The zero-order chi connectivity index (χ0) is 13.3. The van der Waals surface area contributed by atoms with E-state index in [1.807, 2.05) is 0 Å². The summed E-state index contributed by atoms with van der Waals surface area (Å²) in [7, 11) is 0. The first kappa shape index (κ1) is 12.5. The summed E-state index contributed by atoms with van der Waals surface area (Å²) in [6.07, 6.45) is 3.04. The van der Waals surface area contributed by atoms with Gasteiger partial charge in [-0.1, -0.05) is 19.9 Å². The maximum atomic E-state index is 11.7. The van der Waals surface area contributed by atoms with Gasteiger partial charge in [-0.3, -0.25) is 4.79 Å². The van der Waals surface area contributed by atoms with E-state index in [1.54, 1.807) is 24.3 Å². The van der Waals surface area contributed by atoms with Gasteiger partial charge in [0, 0.05) is 18.2 Å². The molecular formula is C14H19N3O. The van der Waals surface area contributed by atoms with Crippen molar-refractivity contribution in [2.45, 2.75) is 26.7 Å². The van der Waals surface area contributed by atoms with Crippen molar-refractivity contribution in [2.24, 2.45) is 5.41 Å². The third-order valence-electron chi connectivity index (χ3n) is 3.07. The predicted molar refractivity (Wildman–Crippen MR) is 75.0 cm³/mol. The van der Waals surface area contributed by atoms with Crippen LogP contribution in [0.3, 0.4) is 0 Å². The number of rotatable bonds is 2. The molecule has 4 nitrogen and oxygen atoms in total. The normalized spacial score (nSPS) is 18.3. The van der Waals surface area contributed by atoms with Crippen LogP contribution in [0.5, 0.6) is 0 Å². The van der Waals surface area contributed by atoms with Gasteiger partial charge in [0.25, 0.3) is 0 Å². The maximum absolute atomic E-state index is 11.7. The van der Waals surface area contributed by atoms with Crippen molar-refractivity contribution < 1.29 is 4.79 Å². The third-order valence-corrected chi connectivity index (χ3v) is 3.07. The van der Waals surface area contributed by atoms with Crippen LogP contribution in [0.15, 0.2) is 30.0 Å². The summed E-state index contributed by atoms with van der Waals surface area (Å²) >= 11 is 0. The number of nitrogen functional groups attached to an aromatic ring is 2. The van der Waals surface area contributed by atoms with Crippen molar-refractivity contribution in [1.29, 1.82) is 0 Å².